The van der Waals surface area contributed by atoms with Gasteiger partial charge in [-0.05, 0) is 32.6 Å². The van der Waals surface area contributed by atoms with Crippen LogP contribution < -0.4 is 0 Å². The van der Waals surface area contributed by atoms with Crippen molar-refractivity contribution in [2.45, 2.75) is 51.6 Å². The molecule has 0 saturated heterocycles. The molecule has 3 rings (SSSR count). The van der Waals surface area contributed by atoms with Crippen molar-refractivity contribution < 1.29 is 9.53 Å². The molecule has 1 aliphatic rings. The van der Waals surface area contributed by atoms with Gasteiger partial charge in [-0.2, -0.15) is 0 Å². The second kappa shape index (κ2) is 7.05. The highest BCUT2D eigenvalue weighted by molar-refractivity contribution is 7.13. The highest BCUT2D eigenvalue weighted by atomic mass is 32.1. The molecule has 0 atom stereocenters. The van der Waals surface area contributed by atoms with Gasteiger partial charge in [-0.1, -0.05) is 36.2 Å². The van der Waals surface area contributed by atoms with Crippen molar-refractivity contribution >= 4 is 17.3 Å². The van der Waals surface area contributed by atoms with Crippen LogP contribution in [0.25, 0.3) is 10.6 Å². The molecule has 0 amide bonds. The number of carbonyl (C=O) groups excluding carboxylic acids is 1. The number of esters is 1. The quantitative estimate of drug-likeness (QED) is 0.778. The summed E-state index contributed by atoms with van der Waals surface area (Å²) in [6.07, 6.45) is 6.03. The molecule has 0 aliphatic heterocycles. The van der Waals surface area contributed by atoms with Crippen molar-refractivity contribution in [1.82, 2.24) is 4.98 Å². The van der Waals surface area contributed by atoms with Crippen LogP contribution in [0.1, 0.15) is 43.4 Å². The van der Waals surface area contributed by atoms with Gasteiger partial charge in [0.25, 0.3) is 0 Å². The molecule has 2 aromatic rings. The molecule has 1 aromatic carbocycles. The number of thiazole rings is 1. The number of hydrogen-bond acceptors (Lipinski definition) is 4. The number of benzene rings is 1. The van der Waals surface area contributed by atoms with Gasteiger partial charge in [0, 0.05) is 10.9 Å². The average molecular weight is 315 g/mol. The first-order valence-electron chi connectivity index (χ1n) is 7.91. The summed E-state index contributed by atoms with van der Waals surface area (Å²) in [5.74, 6) is -0.146. The Morgan fingerprint density at radius 2 is 1.95 bits per heavy atom. The predicted molar refractivity (Wildman–Crippen MR) is 89.0 cm³/mol. The van der Waals surface area contributed by atoms with Crippen LogP contribution in [0.3, 0.4) is 0 Å². The van der Waals surface area contributed by atoms with Crippen LogP contribution in [-0.4, -0.2) is 17.1 Å². The summed E-state index contributed by atoms with van der Waals surface area (Å²) in [6.45, 7) is 2.07. The average Bonchev–Trinajstić information content (AvgIpc) is 2.97. The number of ether oxygens (including phenoxy) is 1. The monoisotopic (exact) mass is 315 g/mol. The molecule has 1 aromatic heterocycles. The fourth-order valence-corrected chi connectivity index (χ4v) is 3.60. The molecule has 1 fully saturated rings. The summed E-state index contributed by atoms with van der Waals surface area (Å²) in [5.41, 5.74) is 3.14. The van der Waals surface area contributed by atoms with E-state index in [1.807, 2.05) is 5.38 Å². The zero-order chi connectivity index (χ0) is 15.4. The van der Waals surface area contributed by atoms with Gasteiger partial charge in [0.1, 0.15) is 11.1 Å². The number of carbonyl (C=O) groups is 1. The number of nitrogens with zero attached hydrogens (tertiary/aromatic N) is 1. The topological polar surface area (TPSA) is 39.2 Å². The van der Waals surface area contributed by atoms with Crippen molar-refractivity contribution in [2.75, 3.05) is 0 Å². The van der Waals surface area contributed by atoms with Crippen molar-refractivity contribution in [3.8, 4) is 10.6 Å². The minimum atomic E-state index is -0.146. The van der Waals surface area contributed by atoms with Gasteiger partial charge in [0.05, 0.1) is 12.1 Å². The van der Waals surface area contributed by atoms with Gasteiger partial charge in [0.15, 0.2) is 0 Å². The summed E-state index contributed by atoms with van der Waals surface area (Å²) in [6, 6.07) is 8.29. The largest absolute Gasteiger partial charge is 0.462 e. The zero-order valence-corrected chi connectivity index (χ0v) is 13.7. The molecule has 0 spiro atoms. The zero-order valence-electron chi connectivity index (χ0n) is 12.9. The van der Waals surface area contributed by atoms with E-state index in [2.05, 4.69) is 36.2 Å². The molecule has 1 saturated carbocycles. The molecular formula is C18H21NO2S. The van der Waals surface area contributed by atoms with Crippen LogP contribution in [0.4, 0.5) is 0 Å². The summed E-state index contributed by atoms with van der Waals surface area (Å²) in [7, 11) is 0. The van der Waals surface area contributed by atoms with Gasteiger partial charge in [-0.3, -0.25) is 4.79 Å². The molecule has 3 nitrogen and oxygen atoms in total. The minimum absolute atomic E-state index is 0.122. The Balaban J connectivity index is 1.59. The third kappa shape index (κ3) is 3.95. The Kier molecular flexibility index (Phi) is 4.88. The molecule has 116 valence electrons. The number of hydrogen-bond donors (Lipinski definition) is 0. The first kappa shape index (κ1) is 15.2. The molecule has 4 heteroatoms. The predicted octanol–water partition coefficient (Wildman–Crippen LogP) is 4.54. The van der Waals surface area contributed by atoms with Crippen LogP contribution in [0.5, 0.6) is 0 Å². The second-order valence-electron chi connectivity index (χ2n) is 5.94. The number of aromatic nitrogens is 1. The maximum Gasteiger partial charge on any atom is 0.312 e. The van der Waals surface area contributed by atoms with Gasteiger partial charge >= 0.3 is 5.97 Å². The van der Waals surface area contributed by atoms with Gasteiger partial charge in [-0.25, -0.2) is 4.98 Å². The molecule has 0 N–H and O–H groups in total. The highest BCUT2D eigenvalue weighted by Crippen LogP contribution is 2.25. The van der Waals surface area contributed by atoms with E-state index in [0.29, 0.717) is 0 Å². The van der Waals surface area contributed by atoms with Crippen LogP contribution >= 0.6 is 11.3 Å². The number of rotatable bonds is 4. The van der Waals surface area contributed by atoms with E-state index in [9.17, 15) is 4.79 Å². The second-order valence-corrected chi connectivity index (χ2v) is 6.79. The van der Waals surface area contributed by atoms with Gasteiger partial charge in [-0.15, -0.1) is 11.3 Å². The summed E-state index contributed by atoms with van der Waals surface area (Å²) in [5, 5.41) is 2.91. The van der Waals surface area contributed by atoms with E-state index in [1.165, 1.54) is 24.8 Å². The van der Waals surface area contributed by atoms with E-state index >= 15 is 0 Å². The Hall–Kier alpha value is -1.68. The maximum absolute atomic E-state index is 12.0. The Bertz CT molecular complexity index is 627. The standard InChI is InChI=1S/C18H21NO2S/c1-13-7-9-14(10-8-13)18-19-15(12-22-18)11-17(20)21-16-5-3-2-4-6-16/h7-10,12,16H,2-6,11H2,1H3. The van der Waals surface area contributed by atoms with Crippen LogP contribution in [0.15, 0.2) is 29.6 Å². The van der Waals surface area contributed by atoms with Crippen molar-refractivity contribution in [3.63, 3.8) is 0 Å². The molecule has 0 bridgehead atoms. The van der Waals surface area contributed by atoms with Crippen LogP contribution in [0.2, 0.25) is 0 Å². The lowest BCUT2D eigenvalue weighted by molar-refractivity contribution is -0.149. The van der Waals surface area contributed by atoms with E-state index in [4.69, 9.17) is 4.74 Å². The first-order valence-corrected chi connectivity index (χ1v) is 8.79. The molecule has 22 heavy (non-hydrogen) atoms. The minimum Gasteiger partial charge on any atom is -0.462 e. The summed E-state index contributed by atoms with van der Waals surface area (Å²) < 4.78 is 5.55. The fourth-order valence-electron chi connectivity index (χ4n) is 2.78. The Morgan fingerprint density at radius 3 is 2.68 bits per heavy atom. The Labute approximate surface area is 135 Å². The SMILES string of the molecule is Cc1ccc(-c2nc(CC(=O)OC3CCCCC3)cs2)cc1. The van der Waals surface area contributed by atoms with Gasteiger partial charge < -0.3 is 4.74 Å². The number of aryl methyl sites for hydroxylation is 1. The van der Waals surface area contributed by atoms with E-state index < -0.39 is 0 Å². The summed E-state index contributed by atoms with van der Waals surface area (Å²) >= 11 is 1.58. The van der Waals surface area contributed by atoms with Crippen LogP contribution in [0, 0.1) is 6.92 Å². The molecule has 0 radical (unpaired) electrons. The van der Waals surface area contributed by atoms with Crippen molar-refractivity contribution in [2.24, 2.45) is 0 Å². The van der Waals surface area contributed by atoms with E-state index in [-0.39, 0.29) is 18.5 Å². The highest BCUT2D eigenvalue weighted by Gasteiger charge is 2.18. The third-order valence-corrected chi connectivity index (χ3v) is 4.97. The summed E-state index contributed by atoms with van der Waals surface area (Å²) in [4.78, 5) is 16.6. The van der Waals surface area contributed by atoms with Crippen molar-refractivity contribution in [3.05, 3.63) is 40.9 Å². The third-order valence-electron chi connectivity index (χ3n) is 4.03. The normalized spacial score (nSPS) is 15.7. The lowest BCUT2D eigenvalue weighted by Gasteiger charge is -2.21. The van der Waals surface area contributed by atoms with E-state index in [0.717, 1.165) is 29.1 Å². The van der Waals surface area contributed by atoms with Crippen LogP contribution in [-0.2, 0) is 16.0 Å². The van der Waals surface area contributed by atoms with Gasteiger partial charge in [0.2, 0.25) is 0 Å². The smallest absolute Gasteiger partial charge is 0.312 e. The van der Waals surface area contributed by atoms with E-state index in [1.54, 1.807) is 11.3 Å². The molecular weight excluding hydrogens is 294 g/mol. The Morgan fingerprint density at radius 1 is 1.23 bits per heavy atom. The maximum atomic E-state index is 12.0. The lowest BCUT2D eigenvalue weighted by atomic mass is 9.98. The van der Waals surface area contributed by atoms with Crippen molar-refractivity contribution in [1.29, 1.82) is 0 Å². The lowest BCUT2D eigenvalue weighted by Crippen LogP contribution is -2.22. The molecule has 1 heterocycles. The molecule has 0 unspecified atom stereocenters. The molecule has 1 aliphatic carbocycles. The first-order chi connectivity index (χ1) is 10.7. The fraction of sp³-hybridized carbons (Fsp3) is 0.444.